The van der Waals surface area contributed by atoms with Gasteiger partial charge in [0, 0.05) is 26.2 Å². The maximum Gasteiger partial charge on any atom is 0.330 e. The van der Waals surface area contributed by atoms with Crippen LogP contribution in [0.25, 0.3) is 0 Å². The molecule has 1 aliphatic rings. The summed E-state index contributed by atoms with van der Waals surface area (Å²) in [6.45, 7) is 2.68. The molecule has 2 heterocycles. The SMILES string of the molecule is CCCCn1c(N)c(N(CCOC)C(=O)CSc2nncn2C2CC2)c(=O)[nH]c1=O. The number of hydrogen-bond acceptors (Lipinski definition) is 8. The number of carbonyl (C=O) groups excluding carboxylic acids is 1. The fraction of sp³-hybridized carbons (Fsp3) is 0.611. The Morgan fingerprint density at radius 3 is 2.87 bits per heavy atom. The monoisotopic (exact) mass is 437 g/mol. The van der Waals surface area contributed by atoms with E-state index in [0.717, 1.165) is 19.3 Å². The van der Waals surface area contributed by atoms with Gasteiger partial charge in [-0.3, -0.25) is 19.1 Å². The summed E-state index contributed by atoms with van der Waals surface area (Å²) in [6, 6.07) is 0.391. The number of ether oxygens (including phenoxy) is 1. The lowest BCUT2D eigenvalue weighted by Gasteiger charge is -2.24. The molecule has 0 bridgehead atoms. The van der Waals surface area contributed by atoms with Crippen LogP contribution in [0.2, 0.25) is 0 Å². The first kappa shape index (κ1) is 22.1. The number of carbonyl (C=O) groups is 1. The van der Waals surface area contributed by atoms with Gasteiger partial charge in [-0.15, -0.1) is 10.2 Å². The van der Waals surface area contributed by atoms with Gasteiger partial charge in [-0.1, -0.05) is 25.1 Å². The molecule has 30 heavy (non-hydrogen) atoms. The maximum atomic E-state index is 13.1. The first-order chi connectivity index (χ1) is 14.5. The minimum absolute atomic E-state index is 0.0206. The third-order valence-electron chi connectivity index (χ3n) is 4.84. The number of nitrogens with two attached hydrogens (primary N) is 1. The molecule has 11 nitrogen and oxygen atoms in total. The number of thioether (sulfide) groups is 1. The Morgan fingerprint density at radius 2 is 2.20 bits per heavy atom. The summed E-state index contributed by atoms with van der Waals surface area (Å²) in [4.78, 5) is 41.4. The van der Waals surface area contributed by atoms with Crippen LogP contribution in [0, 0.1) is 0 Å². The summed E-state index contributed by atoms with van der Waals surface area (Å²) in [7, 11) is 1.51. The zero-order valence-corrected chi connectivity index (χ0v) is 18.0. The Bertz CT molecular complexity index is 995. The summed E-state index contributed by atoms with van der Waals surface area (Å²) in [6.07, 6.45) is 5.38. The van der Waals surface area contributed by atoms with E-state index in [1.807, 2.05) is 11.5 Å². The number of amides is 1. The fourth-order valence-corrected chi connectivity index (χ4v) is 3.92. The largest absolute Gasteiger partial charge is 0.383 e. The second-order valence-electron chi connectivity index (χ2n) is 7.08. The molecule has 0 spiro atoms. The highest BCUT2D eigenvalue weighted by Crippen LogP contribution is 2.37. The van der Waals surface area contributed by atoms with E-state index in [9.17, 15) is 14.4 Å². The van der Waals surface area contributed by atoms with Crippen molar-refractivity contribution >= 4 is 29.2 Å². The van der Waals surface area contributed by atoms with Gasteiger partial charge in [-0.2, -0.15) is 0 Å². The van der Waals surface area contributed by atoms with Gasteiger partial charge in [-0.25, -0.2) is 4.79 Å². The lowest BCUT2D eigenvalue weighted by Crippen LogP contribution is -2.43. The standard InChI is InChI=1S/C18H27N7O4S/c1-3-4-7-24-15(19)14(16(27)21-17(24)28)23(8-9-29-2)13(26)10-30-18-22-20-11-25(18)12-5-6-12/h11-12H,3-10,19H2,1-2H3,(H,21,27,28). The molecule has 3 N–H and O–H groups in total. The van der Waals surface area contributed by atoms with Crippen LogP contribution in [0.1, 0.15) is 38.6 Å². The molecule has 12 heteroatoms. The average Bonchev–Trinajstić information content (AvgIpc) is 3.46. The van der Waals surface area contributed by atoms with Gasteiger partial charge in [0.05, 0.1) is 12.4 Å². The van der Waals surface area contributed by atoms with E-state index in [1.165, 1.54) is 28.3 Å². The van der Waals surface area contributed by atoms with E-state index >= 15 is 0 Å². The van der Waals surface area contributed by atoms with Crippen LogP contribution >= 0.6 is 11.8 Å². The number of hydrogen-bond donors (Lipinski definition) is 2. The van der Waals surface area contributed by atoms with E-state index in [-0.39, 0.29) is 36.3 Å². The highest BCUT2D eigenvalue weighted by Gasteiger charge is 2.28. The predicted octanol–water partition coefficient (Wildman–Crippen LogP) is 0.617. The number of unbranched alkanes of at least 4 members (excludes halogenated alkanes) is 1. The van der Waals surface area contributed by atoms with E-state index < -0.39 is 11.2 Å². The molecule has 2 aromatic heterocycles. The lowest BCUT2D eigenvalue weighted by atomic mass is 10.3. The molecule has 1 saturated carbocycles. The molecule has 1 fully saturated rings. The van der Waals surface area contributed by atoms with Gasteiger partial charge in [0.1, 0.15) is 12.1 Å². The Labute approximate surface area is 177 Å². The zero-order valence-electron chi connectivity index (χ0n) is 17.2. The number of aromatic amines is 1. The van der Waals surface area contributed by atoms with Crippen molar-refractivity contribution in [3.05, 3.63) is 27.2 Å². The lowest BCUT2D eigenvalue weighted by molar-refractivity contribution is -0.116. The van der Waals surface area contributed by atoms with Crippen molar-refractivity contribution in [3.63, 3.8) is 0 Å². The fourth-order valence-electron chi connectivity index (χ4n) is 3.06. The quantitative estimate of drug-likeness (QED) is 0.487. The number of nitrogens with zero attached hydrogens (tertiary/aromatic N) is 5. The smallest absolute Gasteiger partial charge is 0.330 e. The summed E-state index contributed by atoms with van der Waals surface area (Å²) < 4.78 is 8.36. The van der Waals surface area contributed by atoms with Crippen LogP contribution in [0.5, 0.6) is 0 Å². The Hall–Kier alpha value is -2.60. The van der Waals surface area contributed by atoms with Crippen molar-refractivity contribution in [3.8, 4) is 0 Å². The summed E-state index contributed by atoms with van der Waals surface area (Å²) in [5, 5.41) is 8.67. The molecule has 164 valence electrons. The minimum atomic E-state index is -0.694. The molecule has 1 aliphatic carbocycles. The summed E-state index contributed by atoms with van der Waals surface area (Å²) >= 11 is 1.26. The van der Waals surface area contributed by atoms with Crippen LogP contribution in [0.15, 0.2) is 21.1 Å². The van der Waals surface area contributed by atoms with Crippen molar-refractivity contribution in [1.82, 2.24) is 24.3 Å². The first-order valence-corrected chi connectivity index (χ1v) is 10.9. The zero-order chi connectivity index (χ0) is 21.7. The molecule has 3 rings (SSSR count). The molecule has 0 radical (unpaired) electrons. The van der Waals surface area contributed by atoms with E-state index in [0.29, 0.717) is 24.2 Å². The maximum absolute atomic E-state index is 13.1. The van der Waals surface area contributed by atoms with Crippen LogP contribution < -0.4 is 21.9 Å². The molecule has 0 unspecified atom stereocenters. The van der Waals surface area contributed by atoms with E-state index in [1.54, 1.807) is 6.33 Å². The minimum Gasteiger partial charge on any atom is -0.383 e. The van der Waals surface area contributed by atoms with Crippen molar-refractivity contribution in [2.24, 2.45) is 0 Å². The number of aromatic nitrogens is 5. The third kappa shape index (κ3) is 4.93. The second-order valence-corrected chi connectivity index (χ2v) is 8.02. The van der Waals surface area contributed by atoms with Gasteiger partial charge in [0.2, 0.25) is 5.91 Å². The van der Waals surface area contributed by atoms with Crippen molar-refractivity contribution in [1.29, 1.82) is 0 Å². The highest BCUT2D eigenvalue weighted by molar-refractivity contribution is 7.99. The Kier molecular flexibility index (Phi) is 7.32. The van der Waals surface area contributed by atoms with Crippen LogP contribution in [-0.2, 0) is 16.1 Å². The first-order valence-electron chi connectivity index (χ1n) is 9.92. The van der Waals surface area contributed by atoms with Crippen molar-refractivity contribution in [2.75, 3.05) is 36.6 Å². The van der Waals surface area contributed by atoms with Gasteiger partial charge in [0.15, 0.2) is 10.8 Å². The number of H-pyrrole nitrogens is 1. The summed E-state index contributed by atoms with van der Waals surface area (Å²) in [5.41, 5.74) is 4.87. The number of methoxy groups -OCH3 is 1. The third-order valence-corrected chi connectivity index (χ3v) is 5.79. The average molecular weight is 438 g/mol. The highest BCUT2D eigenvalue weighted by atomic mass is 32.2. The topological polar surface area (TPSA) is 141 Å². The molecular formula is C18H27N7O4S. The number of nitrogen functional groups attached to an aromatic ring is 1. The Balaban J connectivity index is 1.85. The molecule has 2 aromatic rings. The second kappa shape index (κ2) is 9.94. The van der Waals surface area contributed by atoms with Gasteiger partial charge in [0.25, 0.3) is 5.56 Å². The van der Waals surface area contributed by atoms with Crippen LogP contribution in [0.3, 0.4) is 0 Å². The molecule has 0 atom stereocenters. The van der Waals surface area contributed by atoms with E-state index in [4.69, 9.17) is 10.5 Å². The van der Waals surface area contributed by atoms with Gasteiger partial charge < -0.3 is 19.9 Å². The van der Waals surface area contributed by atoms with Crippen molar-refractivity contribution < 1.29 is 9.53 Å². The van der Waals surface area contributed by atoms with E-state index in [2.05, 4.69) is 15.2 Å². The van der Waals surface area contributed by atoms with Crippen molar-refractivity contribution in [2.45, 2.75) is 50.4 Å². The Morgan fingerprint density at radius 1 is 1.43 bits per heavy atom. The number of anilines is 2. The van der Waals surface area contributed by atoms with Gasteiger partial charge >= 0.3 is 5.69 Å². The van der Waals surface area contributed by atoms with Crippen LogP contribution in [0.4, 0.5) is 11.5 Å². The number of rotatable bonds is 11. The molecular weight excluding hydrogens is 410 g/mol. The normalized spacial score (nSPS) is 13.5. The molecule has 0 saturated heterocycles. The molecule has 0 aromatic carbocycles. The molecule has 1 amide bonds. The molecule has 0 aliphatic heterocycles. The predicted molar refractivity (Wildman–Crippen MR) is 114 cm³/mol. The summed E-state index contributed by atoms with van der Waals surface area (Å²) in [5.74, 6) is -0.310. The number of nitrogens with one attached hydrogen (secondary N) is 1. The van der Waals surface area contributed by atoms with Crippen LogP contribution in [-0.4, -0.2) is 56.2 Å². The van der Waals surface area contributed by atoms with Gasteiger partial charge in [-0.05, 0) is 19.3 Å².